The SMILES string of the molecule is NC(=O)[C@@H]1CCN(C(=O)/C=C/c2cc(Cl)c3c(c2)OCCO3)C1. The minimum absolute atomic E-state index is 0.153. The molecule has 0 aromatic heterocycles. The summed E-state index contributed by atoms with van der Waals surface area (Å²) < 4.78 is 11.0. The van der Waals surface area contributed by atoms with Crippen LogP contribution in [0.4, 0.5) is 0 Å². The molecule has 2 heterocycles. The van der Waals surface area contributed by atoms with E-state index in [0.29, 0.717) is 49.2 Å². The van der Waals surface area contributed by atoms with E-state index in [-0.39, 0.29) is 17.7 Å². The molecule has 2 N–H and O–H groups in total. The maximum absolute atomic E-state index is 12.2. The molecule has 2 aliphatic heterocycles. The number of benzene rings is 1. The maximum atomic E-state index is 12.2. The molecule has 0 radical (unpaired) electrons. The number of likely N-dealkylation sites (tertiary alicyclic amines) is 1. The zero-order valence-corrected chi connectivity index (χ0v) is 13.2. The zero-order chi connectivity index (χ0) is 16.4. The normalized spacial score (nSPS) is 20.0. The third kappa shape index (κ3) is 3.42. The molecule has 1 aromatic carbocycles. The molecule has 0 aliphatic carbocycles. The molecule has 0 bridgehead atoms. The second-order valence-corrected chi connectivity index (χ2v) is 5.94. The molecular weight excluding hydrogens is 320 g/mol. The topological polar surface area (TPSA) is 81.9 Å². The van der Waals surface area contributed by atoms with E-state index >= 15 is 0 Å². The number of amides is 2. The van der Waals surface area contributed by atoms with Gasteiger partial charge in [0.1, 0.15) is 13.2 Å². The number of hydrogen-bond acceptors (Lipinski definition) is 4. The lowest BCUT2D eigenvalue weighted by Crippen LogP contribution is -2.30. The summed E-state index contributed by atoms with van der Waals surface area (Å²) in [5.41, 5.74) is 6.02. The van der Waals surface area contributed by atoms with Gasteiger partial charge in [-0.2, -0.15) is 0 Å². The van der Waals surface area contributed by atoms with Crippen LogP contribution in [-0.2, 0) is 9.59 Å². The van der Waals surface area contributed by atoms with Gasteiger partial charge in [-0.25, -0.2) is 0 Å². The van der Waals surface area contributed by atoms with Crippen LogP contribution < -0.4 is 15.2 Å². The first kappa shape index (κ1) is 15.7. The quantitative estimate of drug-likeness (QED) is 0.847. The maximum Gasteiger partial charge on any atom is 0.246 e. The highest BCUT2D eigenvalue weighted by atomic mass is 35.5. The Morgan fingerprint density at radius 1 is 1.30 bits per heavy atom. The molecule has 1 fully saturated rings. The molecule has 1 saturated heterocycles. The molecule has 0 spiro atoms. The van der Waals surface area contributed by atoms with Crippen molar-refractivity contribution in [2.45, 2.75) is 6.42 Å². The highest BCUT2D eigenvalue weighted by molar-refractivity contribution is 6.32. The molecule has 6 nitrogen and oxygen atoms in total. The minimum Gasteiger partial charge on any atom is -0.486 e. The summed E-state index contributed by atoms with van der Waals surface area (Å²) >= 11 is 6.16. The van der Waals surface area contributed by atoms with Crippen LogP contribution in [0.1, 0.15) is 12.0 Å². The Hall–Kier alpha value is -2.21. The van der Waals surface area contributed by atoms with Crippen molar-refractivity contribution in [3.05, 3.63) is 28.8 Å². The fraction of sp³-hybridized carbons (Fsp3) is 0.375. The summed E-state index contributed by atoms with van der Waals surface area (Å²) in [5, 5.41) is 0.448. The summed E-state index contributed by atoms with van der Waals surface area (Å²) in [7, 11) is 0. The van der Waals surface area contributed by atoms with Crippen molar-refractivity contribution in [3.8, 4) is 11.5 Å². The Bertz CT molecular complexity index is 674. The fourth-order valence-electron chi connectivity index (χ4n) is 2.69. The second kappa shape index (κ2) is 6.50. The predicted molar refractivity (Wildman–Crippen MR) is 85.4 cm³/mol. The first-order chi connectivity index (χ1) is 11.0. The molecule has 122 valence electrons. The number of primary amides is 1. The number of hydrogen-bond donors (Lipinski definition) is 1. The molecule has 3 rings (SSSR count). The van der Waals surface area contributed by atoms with Crippen LogP contribution in [0.2, 0.25) is 5.02 Å². The predicted octanol–water partition coefficient (Wildman–Crippen LogP) is 1.46. The Labute approximate surface area is 138 Å². The van der Waals surface area contributed by atoms with Crippen molar-refractivity contribution >= 4 is 29.5 Å². The van der Waals surface area contributed by atoms with Crippen molar-refractivity contribution in [3.63, 3.8) is 0 Å². The van der Waals surface area contributed by atoms with Gasteiger partial charge in [0.25, 0.3) is 0 Å². The summed E-state index contributed by atoms with van der Waals surface area (Å²) in [6, 6.07) is 3.50. The van der Waals surface area contributed by atoms with Crippen molar-refractivity contribution < 1.29 is 19.1 Å². The van der Waals surface area contributed by atoms with Gasteiger partial charge in [0.2, 0.25) is 11.8 Å². The van der Waals surface area contributed by atoms with Gasteiger partial charge in [0.05, 0.1) is 10.9 Å². The smallest absolute Gasteiger partial charge is 0.246 e. The van der Waals surface area contributed by atoms with Gasteiger partial charge in [-0.15, -0.1) is 0 Å². The van der Waals surface area contributed by atoms with Crippen molar-refractivity contribution in [2.75, 3.05) is 26.3 Å². The standard InChI is InChI=1S/C16H17ClN2O4/c17-12-7-10(8-13-15(12)23-6-5-22-13)1-2-14(20)19-4-3-11(9-19)16(18)21/h1-2,7-8,11H,3-6,9H2,(H2,18,21)/b2-1+/t11-/m1/s1. The molecule has 2 amide bonds. The number of carbonyl (C=O) groups excluding carboxylic acids is 2. The van der Waals surface area contributed by atoms with Gasteiger partial charge in [0, 0.05) is 19.2 Å². The number of fused-ring (bicyclic) bond motifs is 1. The van der Waals surface area contributed by atoms with Crippen LogP contribution >= 0.6 is 11.6 Å². The highest BCUT2D eigenvalue weighted by Gasteiger charge is 2.28. The van der Waals surface area contributed by atoms with Gasteiger partial charge < -0.3 is 20.1 Å². The first-order valence-electron chi connectivity index (χ1n) is 7.40. The lowest BCUT2D eigenvalue weighted by molar-refractivity contribution is -0.125. The van der Waals surface area contributed by atoms with E-state index in [0.717, 1.165) is 5.56 Å². The number of carbonyl (C=O) groups is 2. The van der Waals surface area contributed by atoms with Gasteiger partial charge >= 0.3 is 0 Å². The molecule has 0 unspecified atom stereocenters. The van der Waals surface area contributed by atoms with Crippen molar-refractivity contribution in [1.29, 1.82) is 0 Å². The van der Waals surface area contributed by atoms with E-state index in [9.17, 15) is 9.59 Å². The minimum atomic E-state index is -0.358. The van der Waals surface area contributed by atoms with Crippen LogP contribution in [0.15, 0.2) is 18.2 Å². The van der Waals surface area contributed by atoms with Crippen LogP contribution in [-0.4, -0.2) is 43.0 Å². The van der Waals surface area contributed by atoms with Crippen LogP contribution in [0, 0.1) is 5.92 Å². The van der Waals surface area contributed by atoms with Crippen molar-refractivity contribution in [1.82, 2.24) is 4.90 Å². The van der Waals surface area contributed by atoms with E-state index in [4.69, 9.17) is 26.8 Å². The molecule has 1 atom stereocenters. The number of rotatable bonds is 3. The third-order valence-electron chi connectivity index (χ3n) is 3.94. The van der Waals surface area contributed by atoms with E-state index < -0.39 is 0 Å². The van der Waals surface area contributed by atoms with Crippen LogP contribution in [0.3, 0.4) is 0 Å². The van der Waals surface area contributed by atoms with E-state index in [2.05, 4.69) is 0 Å². The zero-order valence-electron chi connectivity index (χ0n) is 12.5. The first-order valence-corrected chi connectivity index (χ1v) is 7.78. The number of nitrogens with zero attached hydrogens (tertiary/aromatic N) is 1. The molecule has 0 saturated carbocycles. The van der Waals surface area contributed by atoms with E-state index in [1.807, 2.05) is 0 Å². The van der Waals surface area contributed by atoms with Crippen LogP contribution in [0.5, 0.6) is 11.5 Å². The van der Waals surface area contributed by atoms with Crippen LogP contribution in [0.25, 0.3) is 6.08 Å². The molecule has 7 heteroatoms. The Balaban J connectivity index is 1.69. The van der Waals surface area contributed by atoms with Gasteiger partial charge in [-0.3, -0.25) is 9.59 Å². The monoisotopic (exact) mass is 336 g/mol. The summed E-state index contributed by atoms with van der Waals surface area (Å²) in [4.78, 5) is 24.9. The largest absolute Gasteiger partial charge is 0.486 e. The Kier molecular flexibility index (Phi) is 4.43. The molecule has 1 aromatic rings. The molecule has 23 heavy (non-hydrogen) atoms. The third-order valence-corrected chi connectivity index (χ3v) is 4.22. The highest BCUT2D eigenvalue weighted by Crippen LogP contribution is 2.38. The van der Waals surface area contributed by atoms with Gasteiger partial charge in [-0.05, 0) is 30.2 Å². The summed E-state index contributed by atoms with van der Waals surface area (Å²) in [5.74, 6) is 0.342. The number of ether oxygens (including phenoxy) is 2. The lowest BCUT2D eigenvalue weighted by atomic mass is 10.1. The van der Waals surface area contributed by atoms with Gasteiger partial charge in [-0.1, -0.05) is 11.6 Å². The Morgan fingerprint density at radius 3 is 2.83 bits per heavy atom. The summed E-state index contributed by atoms with van der Waals surface area (Å²) in [6.07, 6.45) is 3.75. The van der Waals surface area contributed by atoms with E-state index in [1.165, 1.54) is 6.08 Å². The average Bonchev–Trinajstić information content (AvgIpc) is 3.03. The molecular formula is C16H17ClN2O4. The molecule has 2 aliphatic rings. The Morgan fingerprint density at radius 2 is 2.09 bits per heavy atom. The van der Waals surface area contributed by atoms with E-state index in [1.54, 1.807) is 23.1 Å². The lowest BCUT2D eigenvalue weighted by Gasteiger charge is -2.19. The van der Waals surface area contributed by atoms with Crippen molar-refractivity contribution in [2.24, 2.45) is 11.7 Å². The van der Waals surface area contributed by atoms with Gasteiger partial charge in [0.15, 0.2) is 11.5 Å². The number of nitrogens with two attached hydrogens (primary N) is 1. The number of halogens is 1. The average molecular weight is 337 g/mol. The second-order valence-electron chi connectivity index (χ2n) is 5.53. The summed E-state index contributed by atoms with van der Waals surface area (Å²) in [6.45, 7) is 1.85. The fourth-order valence-corrected chi connectivity index (χ4v) is 2.97.